The lowest BCUT2D eigenvalue weighted by atomic mass is 9.98. The van der Waals surface area contributed by atoms with Crippen molar-refractivity contribution < 1.29 is 18.7 Å². The maximum absolute atomic E-state index is 13.8. The van der Waals surface area contributed by atoms with Crippen LogP contribution in [0.15, 0.2) is 42.5 Å². The van der Waals surface area contributed by atoms with Gasteiger partial charge in [0.25, 0.3) is 0 Å². The molecule has 2 unspecified atom stereocenters. The second-order valence-electron chi connectivity index (χ2n) is 8.46. The summed E-state index contributed by atoms with van der Waals surface area (Å²) in [7, 11) is 0. The number of carbonyl (C=O) groups excluding carboxylic acids is 2. The molecule has 1 saturated heterocycles. The maximum atomic E-state index is 13.8. The van der Waals surface area contributed by atoms with Crippen LogP contribution in [0.4, 0.5) is 14.9 Å². The molecule has 7 heteroatoms. The van der Waals surface area contributed by atoms with Crippen molar-refractivity contribution in [3.05, 3.63) is 59.4 Å². The van der Waals surface area contributed by atoms with E-state index in [-0.39, 0.29) is 29.7 Å². The molecular weight excluding hydrogens is 397 g/mol. The van der Waals surface area contributed by atoms with Crippen molar-refractivity contribution >= 4 is 17.6 Å². The molecule has 2 atom stereocenters. The SMILES string of the molecule is O=C1CCCN1CCC1CN(C(=O)NC2CCOc3ccc(F)cc32)c2ccccc21. The van der Waals surface area contributed by atoms with Crippen LogP contribution in [0, 0.1) is 5.82 Å². The number of fused-ring (bicyclic) bond motifs is 2. The second kappa shape index (κ2) is 8.21. The van der Waals surface area contributed by atoms with Crippen LogP contribution in [-0.2, 0) is 4.79 Å². The van der Waals surface area contributed by atoms with Gasteiger partial charge in [0, 0.05) is 49.6 Å². The molecule has 3 aliphatic heterocycles. The number of likely N-dealkylation sites (tertiary alicyclic amines) is 1. The van der Waals surface area contributed by atoms with Crippen LogP contribution in [0.25, 0.3) is 0 Å². The number of hydrogen-bond acceptors (Lipinski definition) is 3. The Kier molecular flexibility index (Phi) is 5.26. The number of anilines is 1. The molecule has 3 amide bonds. The zero-order chi connectivity index (χ0) is 21.4. The average molecular weight is 423 g/mol. The van der Waals surface area contributed by atoms with Crippen LogP contribution in [0.3, 0.4) is 0 Å². The third-order valence-electron chi connectivity index (χ3n) is 6.54. The Hall–Kier alpha value is -3.09. The quantitative estimate of drug-likeness (QED) is 0.809. The molecule has 6 nitrogen and oxygen atoms in total. The summed E-state index contributed by atoms with van der Waals surface area (Å²) in [5, 5.41) is 3.09. The molecule has 3 aliphatic rings. The van der Waals surface area contributed by atoms with Gasteiger partial charge < -0.3 is 15.0 Å². The Bertz CT molecular complexity index is 1010. The van der Waals surface area contributed by atoms with Crippen molar-refractivity contribution in [1.29, 1.82) is 0 Å². The van der Waals surface area contributed by atoms with Crippen molar-refractivity contribution in [2.75, 3.05) is 31.1 Å². The number of ether oxygens (including phenoxy) is 1. The number of amides is 3. The second-order valence-corrected chi connectivity index (χ2v) is 8.46. The number of hydrogen-bond donors (Lipinski definition) is 1. The lowest BCUT2D eigenvalue weighted by Crippen LogP contribution is -2.42. The van der Waals surface area contributed by atoms with E-state index in [4.69, 9.17) is 4.74 Å². The minimum atomic E-state index is -0.341. The predicted octanol–water partition coefficient (Wildman–Crippen LogP) is 3.98. The standard InChI is InChI=1S/C24H26FN3O3/c25-17-7-8-22-19(14-17)20(10-13-31-22)26-24(30)28-15-16(18-4-1-2-5-21(18)28)9-12-27-11-3-6-23(27)29/h1-2,4-5,7-8,14,16,20H,3,6,9-13,15H2,(H,26,30). The van der Waals surface area contributed by atoms with Gasteiger partial charge >= 0.3 is 6.03 Å². The van der Waals surface area contributed by atoms with Crippen LogP contribution < -0.4 is 15.0 Å². The first-order valence-corrected chi connectivity index (χ1v) is 11.0. The number of nitrogens with zero attached hydrogens (tertiary/aromatic N) is 2. The highest BCUT2D eigenvalue weighted by atomic mass is 19.1. The molecule has 2 aromatic carbocycles. The van der Waals surface area contributed by atoms with Gasteiger partial charge in [0.2, 0.25) is 5.91 Å². The van der Waals surface area contributed by atoms with Gasteiger partial charge in [-0.1, -0.05) is 18.2 Å². The van der Waals surface area contributed by atoms with E-state index in [9.17, 15) is 14.0 Å². The molecule has 0 radical (unpaired) electrons. The fraction of sp³-hybridized carbons (Fsp3) is 0.417. The van der Waals surface area contributed by atoms with Gasteiger partial charge in [-0.25, -0.2) is 9.18 Å². The van der Waals surface area contributed by atoms with Crippen molar-refractivity contribution in [2.24, 2.45) is 0 Å². The first-order valence-electron chi connectivity index (χ1n) is 11.0. The van der Waals surface area contributed by atoms with Crippen molar-refractivity contribution in [3.8, 4) is 5.75 Å². The molecule has 0 bridgehead atoms. The summed E-state index contributed by atoms with van der Waals surface area (Å²) in [6.07, 6.45) is 3.00. The summed E-state index contributed by atoms with van der Waals surface area (Å²) in [5.74, 6) is 0.695. The summed E-state index contributed by atoms with van der Waals surface area (Å²) < 4.78 is 19.4. The predicted molar refractivity (Wildman–Crippen MR) is 115 cm³/mol. The van der Waals surface area contributed by atoms with Gasteiger partial charge in [0.1, 0.15) is 11.6 Å². The Morgan fingerprint density at radius 3 is 2.90 bits per heavy atom. The first-order chi connectivity index (χ1) is 15.1. The molecule has 162 valence electrons. The molecule has 3 heterocycles. The summed E-state index contributed by atoms with van der Waals surface area (Å²) >= 11 is 0. The summed E-state index contributed by atoms with van der Waals surface area (Å²) in [6.45, 7) is 2.61. The molecule has 0 aliphatic carbocycles. The Morgan fingerprint density at radius 1 is 1.19 bits per heavy atom. The van der Waals surface area contributed by atoms with E-state index < -0.39 is 0 Å². The molecule has 5 rings (SSSR count). The first kappa shape index (κ1) is 19.8. The monoisotopic (exact) mass is 423 g/mol. The number of urea groups is 1. The maximum Gasteiger partial charge on any atom is 0.322 e. The highest BCUT2D eigenvalue weighted by Crippen LogP contribution is 2.39. The molecule has 0 spiro atoms. The van der Waals surface area contributed by atoms with Crippen molar-refractivity contribution in [3.63, 3.8) is 0 Å². The lowest BCUT2D eigenvalue weighted by molar-refractivity contribution is -0.127. The van der Waals surface area contributed by atoms with Crippen LogP contribution in [0.5, 0.6) is 5.75 Å². The third kappa shape index (κ3) is 3.84. The van der Waals surface area contributed by atoms with Crippen LogP contribution in [0.2, 0.25) is 0 Å². The zero-order valence-corrected chi connectivity index (χ0v) is 17.4. The fourth-order valence-electron chi connectivity index (χ4n) is 4.93. The number of halogens is 1. The lowest BCUT2D eigenvalue weighted by Gasteiger charge is -2.29. The van der Waals surface area contributed by atoms with E-state index in [1.807, 2.05) is 23.1 Å². The molecule has 0 saturated carbocycles. The molecule has 1 N–H and O–H groups in total. The van der Waals surface area contributed by atoms with Crippen LogP contribution >= 0.6 is 0 Å². The number of benzene rings is 2. The number of para-hydroxylation sites is 1. The van der Waals surface area contributed by atoms with Gasteiger partial charge in [-0.2, -0.15) is 0 Å². The van der Waals surface area contributed by atoms with Gasteiger partial charge in [-0.15, -0.1) is 0 Å². The van der Waals surface area contributed by atoms with Gasteiger partial charge in [0.05, 0.1) is 12.6 Å². The van der Waals surface area contributed by atoms with E-state index in [0.717, 1.165) is 37.2 Å². The van der Waals surface area contributed by atoms with Crippen molar-refractivity contribution in [1.82, 2.24) is 10.2 Å². The van der Waals surface area contributed by atoms with Crippen LogP contribution in [-0.4, -0.2) is 43.1 Å². The Morgan fingerprint density at radius 2 is 2.06 bits per heavy atom. The normalized spacial score (nSPS) is 22.2. The molecule has 0 aromatic heterocycles. The van der Waals surface area contributed by atoms with Gasteiger partial charge in [0.15, 0.2) is 0 Å². The Balaban J connectivity index is 1.31. The highest BCUT2D eigenvalue weighted by Gasteiger charge is 2.34. The third-order valence-corrected chi connectivity index (χ3v) is 6.54. The van der Waals surface area contributed by atoms with E-state index in [0.29, 0.717) is 37.3 Å². The van der Waals surface area contributed by atoms with E-state index in [2.05, 4.69) is 11.4 Å². The highest BCUT2D eigenvalue weighted by molar-refractivity contribution is 5.95. The smallest absolute Gasteiger partial charge is 0.322 e. The van der Waals surface area contributed by atoms with E-state index >= 15 is 0 Å². The summed E-state index contributed by atoms with van der Waals surface area (Å²) in [6, 6.07) is 11.9. The fourth-order valence-corrected chi connectivity index (χ4v) is 4.93. The summed E-state index contributed by atoms with van der Waals surface area (Å²) in [5.41, 5.74) is 2.73. The van der Waals surface area contributed by atoms with Gasteiger partial charge in [-0.3, -0.25) is 9.69 Å². The number of carbonyl (C=O) groups is 2. The van der Waals surface area contributed by atoms with Crippen LogP contribution in [0.1, 0.15) is 48.8 Å². The summed E-state index contributed by atoms with van der Waals surface area (Å²) in [4.78, 5) is 28.9. The number of nitrogens with one attached hydrogen (secondary N) is 1. The average Bonchev–Trinajstić information content (AvgIpc) is 3.36. The minimum absolute atomic E-state index is 0.186. The molecule has 31 heavy (non-hydrogen) atoms. The van der Waals surface area contributed by atoms with Gasteiger partial charge in [-0.05, 0) is 42.7 Å². The minimum Gasteiger partial charge on any atom is -0.493 e. The Labute approximate surface area is 181 Å². The molecular formula is C24H26FN3O3. The van der Waals surface area contributed by atoms with E-state index in [1.165, 1.54) is 12.1 Å². The van der Waals surface area contributed by atoms with E-state index in [1.54, 1.807) is 11.0 Å². The molecule has 1 fully saturated rings. The molecule has 2 aromatic rings. The zero-order valence-electron chi connectivity index (χ0n) is 17.4. The van der Waals surface area contributed by atoms with Crippen molar-refractivity contribution in [2.45, 2.75) is 37.6 Å². The largest absolute Gasteiger partial charge is 0.493 e. The number of rotatable bonds is 4. The topological polar surface area (TPSA) is 61.9 Å².